The van der Waals surface area contributed by atoms with Crippen LogP contribution in [-0.2, 0) is 21.4 Å². The number of hydrogen-bond acceptors (Lipinski definition) is 4. The van der Waals surface area contributed by atoms with Crippen molar-refractivity contribution in [3.8, 4) is 0 Å². The maximum absolute atomic E-state index is 12.7. The Morgan fingerprint density at radius 2 is 2.19 bits per heavy atom. The van der Waals surface area contributed by atoms with Crippen molar-refractivity contribution in [2.75, 3.05) is 13.1 Å². The highest BCUT2D eigenvalue weighted by atomic mass is 32.2. The van der Waals surface area contributed by atoms with Crippen molar-refractivity contribution in [1.82, 2.24) is 9.62 Å². The number of rotatable bonds is 4. The topological polar surface area (TPSA) is 92.5 Å². The van der Waals surface area contributed by atoms with Crippen LogP contribution in [0.1, 0.15) is 24.5 Å². The number of hydrogen-bond donors (Lipinski definition) is 2. The molecule has 0 bridgehead atoms. The van der Waals surface area contributed by atoms with E-state index in [1.807, 2.05) is 6.07 Å². The predicted octanol–water partition coefficient (Wildman–Crippen LogP) is 0.353. The van der Waals surface area contributed by atoms with Gasteiger partial charge >= 0.3 is 0 Å². The Morgan fingerprint density at radius 3 is 2.81 bits per heavy atom. The van der Waals surface area contributed by atoms with Gasteiger partial charge in [-0.3, -0.25) is 4.79 Å². The van der Waals surface area contributed by atoms with Crippen LogP contribution in [0.3, 0.4) is 0 Å². The van der Waals surface area contributed by atoms with Crippen LogP contribution >= 0.6 is 0 Å². The molecule has 1 atom stereocenters. The van der Waals surface area contributed by atoms with E-state index in [4.69, 9.17) is 5.73 Å². The first kappa shape index (κ1) is 15.9. The quantitative estimate of drug-likeness (QED) is 0.839. The number of aryl methyl sites for hydroxylation is 1. The van der Waals surface area contributed by atoms with E-state index in [0.29, 0.717) is 36.5 Å². The Labute approximate surface area is 125 Å². The Bertz CT molecular complexity index is 643. The van der Waals surface area contributed by atoms with Crippen molar-refractivity contribution in [3.63, 3.8) is 0 Å². The summed E-state index contributed by atoms with van der Waals surface area (Å²) in [4.78, 5) is 11.4. The van der Waals surface area contributed by atoms with E-state index in [9.17, 15) is 13.2 Å². The zero-order valence-corrected chi connectivity index (χ0v) is 13.1. The van der Waals surface area contributed by atoms with Gasteiger partial charge in [-0.2, -0.15) is 4.31 Å². The molecule has 1 aromatic carbocycles. The lowest BCUT2D eigenvalue weighted by atomic mass is 10.1. The minimum absolute atomic E-state index is 0.115. The second kappa shape index (κ2) is 6.13. The van der Waals surface area contributed by atoms with E-state index in [-0.39, 0.29) is 11.9 Å². The summed E-state index contributed by atoms with van der Waals surface area (Å²) in [7, 11) is -3.54. The molecule has 1 unspecified atom stereocenters. The molecular weight excluding hydrogens is 290 g/mol. The molecule has 116 valence electrons. The Hall–Kier alpha value is -1.44. The normalized spacial score (nSPS) is 19.7. The summed E-state index contributed by atoms with van der Waals surface area (Å²) in [5, 5.41) is 2.77. The van der Waals surface area contributed by atoms with E-state index < -0.39 is 10.0 Å². The van der Waals surface area contributed by atoms with Crippen LogP contribution in [0.15, 0.2) is 23.1 Å². The third-order valence-corrected chi connectivity index (χ3v) is 5.67. The van der Waals surface area contributed by atoms with Crippen LogP contribution in [0.4, 0.5) is 0 Å². The Morgan fingerprint density at radius 1 is 1.48 bits per heavy atom. The second-order valence-corrected chi connectivity index (χ2v) is 7.26. The molecule has 1 aliphatic rings. The molecule has 0 saturated carbocycles. The fourth-order valence-electron chi connectivity index (χ4n) is 2.54. The third-order valence-electron chi connectivity index (χ3n) is 3.66. The van der Waals surface area contributed by atoms with Crippen molar-refractivity contribution in [3.05, 3.63) is 29.3 Å². The molecule has 2 rings (SSSR count). The van der Waals surface area contributed by atoms with Crippen molar-refractivity contribution < 1.29 is 13.2 Å². The molecule has 0 aromatic heterocycles. The van der Waals surface area contributed by atoms with Crippen LogP contribution in [-0.4, -0.2) is 37.8 Å². The molecule has 6 nitrogen and oxygen atoms in total. The second-order valence-electron chi connectivity index (χ2n) is 5.35. The molecule has 1 fully saturated rings. The number of amides is 1. The monoisotopic (exact) mass is 311 g/mol. The van der Waals surface area contributed by atoms with Gasteiger partial charge in [-0.25, -0.2) is 8.42 Å². The zero-order valence-electron chi connectivity index (χ0n) is 12.3. The molecule has 3 N–H and O–H groups in total. The van der Waals surface area contributed by atoms with Gasteiger partial charge in [0.05, 0.1) is 4.90 Å². The van der Waals surface area contributed by atoms with E-state index >= 15 is 0 Å². The van der Waals surface area contributed by atoms with Gasteiger partial charge in [0.25, 0.3) is 0 Å². The van der Waals surface area contributed by atoms with Gasteiger partial charge in [0.2, 0.25) is 15.9 Å². The molecule has 21 heavy (non-hydrogen) atoms. The zero-order chi connectivity index (χ0) is 15.6. The number of sulfonamides is 1. The van der Waals surface area contributed by atoms with Crippen molar-refractivity contribution in [2.45, 2.75) is 37.8 Å². The van der Waals surface area contributed by atoms with Crippen molar-refractivity contribution in [2.24, 2.45) is 5.73 Å². The molecule has 7 heteroatoms. The van der Waals surface area contributed by atoms with Gasteiger partial charge in [-0.15, -0.1) is 0 Å². The molecule has 1 aliphatic heterocycles. The number of nitrogens with two attached hydrogens (primary N) is 1. The largest absolute Gasteiger partial charge is 0.352 e. The number of nitrogens with one attached hydrogen (secondary N) is 1. The highest BCUT2D eigenvalue weighted by molar-refractivity contribution is 7.89. The lowest BCUT2D eigenvalue weighted by Crippen LogP contribution is -2.37. The maximum atomic E-state index is 12.7. The number of carbonyl (C=O) groups excluding carboxylic acids is 1. The smallest absolute Gasteiger partial charge is 0.243 e. The lowest BCUT2D eigenvalue weighted by Gasteiger charge is -2.18. The molecule has 1 heterocycles. The molecule has 1 aromatic rings. The highest BCUT2D eigenvalue weighted by Crippen LogP contribution is 2.24. The van der Waals surface area contributed by atoms with Gasteiger partial charge in [0.1, 0.15) is 0 Å². The number of benzene rings is 1. The standard InChI is InChI=1S/C14H21N3O3S/c1-10-3-4-12(8-15)7-14(10)21(19,20)17-6-5-13(9-17)16-11(2)18/h3-4,7,13H,5-6,8-9,15H2,1-2H3,(H,16,18). The molecule has 0 spiro atoms. The van der Waals surface area contributed by atoms with E-state index in [0.717, 1.165) is 5.56 Å². The summed E-state index contributed by atoms with van der Waals surface area (Å²) in [6.45, 7) is 4.24. The molecule has 1 saturated heterocycles. The van der Waals surface area contributed by atoms with E-state index in [1.165, 1.54) is 11.2 Å². The SMILES string of the molecule is CC(=O)NC1CCN(S(=O)(=O)c2cc(CN)ccc2C)C1. The molecular formula is C14H21N3O3S. The molecule has 0 aliphatic carbocycles. The Kier molecular flexibility index (Phi) is 4.65. The summed E-state index contributed by atoms with van der Waals surface area (Å²) in [5.41, 5.74) is 7.08. The average molecular weight is 311 g/mol. The average Bonchev–Trinajstić information content (AvgIpc) is 2.87. The summed E-state index contributed by atoms with van der Waals surface area (Å²) < 4.78 is 26.9. The molecule has 1 amide bonds. The third kappa shape index (κ3) is 3.42. The molecule has 0 radical (unpaired) electrons. The number of nitrogens with zero attached hydrogens (tertiary/aromatic N) is 1. The highest BCUT2D eigenvalue weighted by Gasteiger charge is 2.33. The maximum Gasteiger partial charge on any atom is 0.243 e. The first-order chi connectivity index (χ1) is 9.84. The first-order valence-electron chi connectivity index (χ1n) is 6.91. The fourth-order valence-corrected chi connectivity index (χ4v) is 4.32. The van der Waals surface area contributed by atoms with Gasteiger partial charge in [-0.1, -0.05) is 12.1 Å². The van der Waals surface area contributed by atoms with Gasteiger partial charge in [-0.05, 0) is 30.5 Å². The van der Waals surface area contributed by atoms with Crippen LogP contribution in [0, 0.1) is 6.92 Å². The summed E-state index contributed by atoms with van der Waals surface area (Å²) >= 11 is 0. The fraction of sp³-hybridized carbons (Fsp3) is 0.500. The van der Waals surface area contributed by atoms with Crippen LogP contribution < -0.4 is 11.1 Å². The summed E-state index contributed by atoms with van der Waals surface area (Å²) in [6, 6.07) is 5.13. The van der Waals surface area contributed by atoms with Crippen molar-refractivity contribution in [1.29, 1.82) is 0 Å². The minimum Gasteiger partial charge on any atom is -0.352 e. The van der Waals surface area contributed by atoms with E-state index in [2.05, 4.69) is 5.32 Å². The van der Waals surface area contributed by atoms with Crippen LogP contribution in [0.2, 0.25) is 0 Å². The summed E-state index contributed by atoms with van der Waals surface area (Å²) in [5.74, 6) is -0.138. The van der Waals surface area contributed by atoms with Crippen molar-refractivity contribution >= 4 is 15.9 Å². The van der Waals surface area contributed by atoms with Gasteiger partial charge in [0.15, 0.2) is 0 Å². The predicted molar refractivity (Wildman–Crippen MR) is 80.1 cm³/mol. The van der Waals surface area contributed by atoms with Crippen LogP contribution in [0.25, 0.3) is 0 Å². The number of carbonyl (C=O) groups is 1. The van der Waals surface area contributed by atoms with Crippen LogP contribution in [0.5, 0.6) is 0 Å². The Balaban J connectivity index is 2.25. The lowest BCUT2D eigenvalue weighted by molar-refractivity contribution is -0.119. The van der Waals surface area contributed by atoms with E-state index in [1.54, 1.807) is 19.1 Å². The van der Waals surface area contributed by atoms with Gasteiger partial charge in [0, 0.05) is 32.6 Å². The summed E-state index contributed by atoms with van der Waals surface area (Å²) in [6.07, 6.45) is 0.633. The minimum atomic E-state index is -3.54. The van der Waals surface area contributed by atoms with Gasteiger partial charge < -0.3 is 11.1 Å². The first-order valence-corrected chi connectivity index (χ1v) is 8.35.